The van der Waals surface area contributed by atoms with Crippen LogP contribution in [0.4, 0.5) is 5.69 Å². The minimum atomic E-state index is -3.44. The minimum Gasteiger partial charge on any atom is -0.399 e. The maximum absolute atomic E-state index is 12.2. The smallest absolute Gasteiger partial charge is 0.240 e. The molecule has 19 heavy (non-hydrogen) atoms. The number of sulfonamides is 1. The van der Waals surface area contributed by atoms with Crippen LogP contribution >= 0.6 is 0 Å². The summed E-state index contributed by atoms with van der Waals surface area (Å²) in [5, 5.41) is 0. The number of aryl methyl sites for hydroxylation is 1. The van der Waals surface area contributed by atoms with E-state index in [1.54, 1.807) is 12.1 Å². The third kappa shape index (κ3) is 4.84. The standard InChI is InChI=1S/C14H24N2O2S/c1-3-5-6-7-10-16-19(17,18)14-11-13(15)9-8-12(14)4-2/h8-9,11,16H,3-7,10,15H2,1-2H3. The van der Waals surface area contributed by atoms with E-state index in [1.807, 2.05) is 6.92 Å². The molecule has 1 rings (SSSR count). The first kappa shape index (κ1) is 16.0. The minimum absolute atomic E-state index is 0.311. The molecule has 0 aromatic heterocycles. The predicted molar refractivity (Wildman–Crippen MR) is 79.6 cm³/mol. The third-order valence-corrected chi connectivity index (χ3v) is 4.63. The summed E-state index contributed by atoms with van der Waals surface area (Å²) in [6.07, 6.45) is 4.88. The lowest BCUT2D eigenvalue weighted by Gasteiger charge is -2.11. The van der Waals surface area contributed by atoms with Gasteiger partial charge in [0.25, 0.3) is 0 Å². The largest absolute Gasteiger partial charge is 0.399 e. The van der Waals surface area contributed by atoms with Gasteiger partial charge in [0, 0.05) is 12.2 Å². The molecule has 0 spiro atoms. The second-order valence-corrected chi connectivity index (χ2v) is 6.41. The predicted octanol–water partition coefficient (Wildman–Crippen LogP) is 2.69. The number of benzene rings is 1. The van der Waals surface area contributed by atoms with Crippen molar-refractivity contribution in [2.24, 2.45) is 0 Å². The van der Waals surface area contributed by atoms with Gasteiger partial charge in [-0.25, -0.2) is 13.1 Å². The number of nitrogens with one attached hydrogen (secondary N) is 1. The molecule has 0 aliphatic heterocycles. The van der Waals surface area contributed by atoms with Crippen molar-refractivity contribution in [2.45, 2.75) is 50.8 Å². The average molecular weight is 284 g/mol. The molecule has 3 N–H and O–H groups in total. The zero-order valence-electron chi connectivity index (χ0n) is 11.8. The molecular weight excluding hydrogens is 260 g/mol. The van der Waals surface area contributed by atoms with Crippen molar-refractivity contribution in [2.75, 3.05) is 12.3 Å². The molecule has 0 radical (unpaired) electrons. The maximum atomic E-state index is 12.2. The first-order valence-corrected chi connectivity index (χ1v) is 8.37. The zero-order chi connectivity index (χ0) is 14.3. The van der Waals surface area contributed by atoms with E-state index in [0.717, 1.165) is 31.2 Å². The molecule has 1 aromatic rings. The van der Waals surface area contributed by atoms with Crippen LogP contribution < -0.4 is 10.5 Å². The molecule has 0 saturated carbocycles. The van der Waals surface area contributed by atoms with Gasteiger partial charge in [0.1, 0.15) is 0 Å². The molecule has 0 saturated heterocycles. The van der Waals surface area contributed by atoms with Crippen LogP contribution in [0.15, 0.2) is 23.1 Å². The molecule has 5 heteroatoms. The molecule has 0 bridgehead atoms. The first-order valence-electron chi connectivity index (χ1n) is 6.89. The molecule has 0 aliphatic rings. The Hall–Kier alpha value is -1.07. The molecule has 108 valence electrons. The summed E-state index contributed by atoms with van der Waals surface area (Å²) in [4.78, 5) is 0.311. The Bertz CT molecular complexity index is 498. The monoisotopic (exact) mass is 284 g/mol. The van der Waals surface area contributed by atoms with Gasteiger partial charge >= 0.3 is 0 Å². The average Bonchev–Trinajstić information content (AvgIpc) is 2.38. The second-order valence-electron chi connectivity index (χ2n) is 4.68. The van der Waals surface area contributed by atoms with Gasteiger partial charge in [0.05, 0.1) is 4.90 Å². The van der Waals surface area contributed by atoms with Gasteiger partial charge in [-0.3, -0.25) is 0 Å². The van der Waals surface area contributed by atoms with Gasteiger partial charge in [0.15, 0.2) is 0 Å². The molecule has 0 atom stereocenters. The third-order valence-electron chi connectivity index (χ3n) is 3.08. The normalized spacial score (nSPS) is 11.7. The zero-order valence-corrected chi connectivity index (χ0v) is 12.6. The number of unbranched alkanes of at least 4 members (excludes halogenated alkanes) is 3. The summed E-state index contributed by atoms with van der Waals surface area (Å²) in [7, 11) is -3.44. The van der Waals surface area contributed by atoms with E-state index in [2.05, 4.69) is 11.6 Å². The molecular formula is C14H24N2O2S. The number of nitrogen functional groups attached to an aromatic ring is 1. The Kier molecular flexibility index (Phi) is 6.31. The fourth-order valence-electron chi connectivity index (χ4n) is 1.95. The van der Waals surface area contributed by atoms with Gasteiger partial charge in [-0.2, -0.15) is 0 Å². The molecule has 4 nitrogen and oxygen atoms in total. The Morgan fingerprint density at radius 3 is 2.53 bits per heavy atom. The van der Waals surface area contributed by atoms with Crippen LogP contribution in [0.25, 0.3) is 0 Å². The summed E-state index contributed by atoms with van der Waals surface area (Å²) >= 11 is 0. The summed E-state index contributed by atoms with van der Waals surface area (Å²) in [6, 6.07) is 5.05. The van der Waals surface area contributed by atoms with Crippen LogP contribution in [0.1, 0.15) is 45.1 Å². The van der Waals surface area contributed by atoms with Crippen LogP contribution in [0.3, 0.4) is 0 Å². The van der Waals surface area contributed by atoms with Crippen LogP contribution in [0, 0.1) is 0 Å². The molecule has 0 aliphatic carbocycles. The lowest BCUT2D eigenvalue weighted by Crippen LogP contribution is -2.26. The quantitative estimate of drug-likeness (QED) is 0.569. The van der Waals surface area contributed by atoms with Gasteiger partial charge in [-0.05, 0) is 30.5 Å². The molecule has 1 aromatic carbocycles. The number of hydrogen-bond donors (Lipinski definition) is 2. The van der Waals surface area contributed by atoms with Crippen LogP contribution in [-0.4, -0.2) is 15.0 Å². The summed E-state index contributed by atoms with van der Waals surface area (Å²) < 4.78 is 27.1. The second kappa shape index (κ2) is 7.50. The van der Waals surface area contributed by atoms with E-state index < -0.39 is 10.0 Å². The highest BCUT2D eigenvalue weighted by Gasteiger charge is 2.17. The fraction of sp³-hybridized carbons (Fsp3) is 0.571. The van der Waals surface area contributed by atoms with Crippen molar-refractivity contribution in [3.63, 3.8) is 0 Å². The Balaban J connectivity index is 2.74. The van der Waals surface area contributed by atoms with E-state index >= 15 is 0 Å². The number of rotatable bonds is 8. The van der Waals surface area contributed by atoms with Crippen LogP contribution in [-0.2, 0) is 16.4 Å². The summed E-state index contributed by atoms with van der Waals surface area (Å²) in [5.41, 5.74) is 6.96. The van der Waals surface area contributed by atoms with E-state index in [4.69, 9.17) is 5.73 Å². The van der Waals surface area contributed by atoms with Gasteiger partial charge in [-0.15, -0.1) is 0 Å². The molecule has 0 heterocycles. The van der Waals surface area contributed by atoms with Crippen molar-refractivity contribution >= 4 is 15.7 Å². The van der Waals surface area contributed by atoms with Gasteiger partial charge in [0.2, 0.25) is 10.0 Å². The van der Waals surface area contributed by atoms with E-state index in [1.165, 1.54) is 6.07 Å². The summed E-state index contributed by atoms with van der Waals surface area (Å²) in [6.45, 7) is 4.55. The van der Waals surface area contributed by atoms with Crippen molar-refractivity contribution in [3.8, 4) is 0 Å². The van der Waals surface area contributed by atoms with Crippen molar-refractivity contribution in [1.82, 2.24) is 4.72 Å². The van der Waals surface area contributed by atoms with Crippen molar-refractivity contribution < 1.29 is 8.42 Å². The Morgan fingerprint density at radius 1 is 1.16 bits per heavy atom. The molecule has 0 fully saturated rings. The topological polar surface area (TPSA) is 72.2 Å². The highest BCUT2D eigenvalue weighted by molar-refractivity contribution is 7.89. The number of hydrogen-bond acceptors (Lipinski definition) is 3. The lowest BCUT2D eigenvalue weighted by molar-refractivity contribution is 0.572. The maximum Gasteiger partial charge on any atom is 0.240 e. The van der Waals surface area contributed by atoms with Gasteiger partial charge < -0.3 is 5.73 Å². The van der Waals surface area contributed by atoms with E-state index in [9.17, 15) is 8.42 Å². The molecule has 0 amide bonds. The first-order chi connectivity index (χ1) is 9.01. The van der Waals surface area contributed by atoms with Crippen molar-refractivity contribution in [1.29, 1.82) is 0 Å². The number of nitrogens with two attached hydrogens (primary N) is 1. The van der Waals surface area contributed by atoms with Crippen LogP contribution in [0.2, 0.25) is 0 Å². The highest BCUT2D eigenvalue weighted by Crippen LogP contribution is 2.19. The van der Waals surface area contributed by atoms with Gasteiger partial charge in [-0.1, -0.05) is 39.2 Å². The highest BCUT2D eigenvalue weighted by atomic mass is 32.2. The van der Waals surface area contributed by atoms with Crippen molar-refractivity contribution in [3.05, 3.63) is 23.8 Å². The Labute approximate surface area is 116 Å². The van der Waals surface area contributed by atoms with E-state index in [0.29, 0.717) is 23.5 Å². The Morgan fingerprint density at radius 2 is 1.89 bits per heavy atom. The lowest BCUT2D eigenvalue weighted by atomic mass is 10.1. The van der Waals surface area contributed by atoms with Crippen LogP contribution in [0.5, 0.6) is 0 Å². The number of anilines is 1. The summed E-state index contributed by atoms with van der Waals surface area (Å²) in [5.74, 6) is 0. The van der Waals surface area contributed by atoms with E-state index in [-0.39, 0.29) is 0 Å². The SMILES string of the molecule is CCCCCCNS(=O)(=O)c1cc(N)ccc1CC. The fourth-order valence-corrected chi connectivity index (χ4v) is 3.37. The molecule has 0 unspecified atom stereocenters.